The van der Waals surface area contributed by atoms with E-state index < -0.39 is 5.60 Å². The van der Waals surface area contributed by atoms with Gasteiger partial charge in [-0.1, -0.05) is 5.57 Å². The van der Waals surface area contributed by atoms with Gasteiger partial charge in [0.1, 0.15) is 0 Å². The second-order valence-corrected chi connectivity index (χ2v) is 3.29. The van der Waals surface area contributed by atoms with Gasteiger partial charge in [0, 0.05) is 6.54 Å². The Bertz CT molecular complexity index is 136. The quantitative estimate of drug-likeness (QED) is 0.554. The molecule has 2 nitrogen and oxygen atoms in total. The highest BCUT2D eigenvalue weighted by Gasteiger charge is 2.30. The van der Waals surface area contributed by atoms with Crippen molar-refractivity contribution in [2.45, 2.75) is 25.4 Å². The van der Waals surface area contributed by atoms with Gasteiger partial charge in [0.05, 0.1) is 5.60 Å². The Labute approximate surface area is 61.9 Å². The minimum Gasteiger partial charge on any atom is -0.388 e. The van der Waals surface area contributed by atoms with Crippen LogP contribution in [0.5, 0.6) is 0 Å². The number of hydrogen-bond donors (Lipinski definition) is 2. The van der Waals surface area contributed by atoms with Crippen LogP contribution in [-0.4, -0.2) is 23.8 Å². The Kier molecular flexibility index (Phi) is 2.11. The fourth-order valence-corrected chi connectivity index (χ4v) is 1.44. The molecular formula is C8H15NO. The summed E-state index contributed by atoms with van der Waals surface area (Å²) >= 11 is 0. The monoisotopic (exact) mass is 141 g/mol. The Morgan fingerprint density at radius 2 is 2.50 bits per heavy atom. The van der Waals surface area contributed by atoms with E-state index in [0.29, 0.717) is 0 Å². The lowest BCUT2D eigenvalue weighted by Gasteiger charge is -2.20. The van der Waals surface area contributed by atoms with Gasteiger partial charge in [-0.3, -0.25) is 0 Å². The predicted molar refractivity (Wildman–Crippen MR) is 41.9 cm³/mol. The Balaban J connectivity index is 2.43. The molecule has 1 heterocycles. The maximum Gasteiger partial charge on any atom is 0.0820 e. The van der Waals surface area contributed by atoms with Crippen LogP contribution in [0.15, 0.2) is 12.2 Å². The molecule has 1 rings (SSSR count). The van der Waals surface area contributed by atoms with E-state index in [2.05, 4.69) is 11.9 Å². The highest BCUT2D eigenvalue weighted by molar-refractivity contribution is 5.01. The lowest BCUT2D eigenvalue weighted by atomic mass is 9.95. The lowest BCUT2D eigenvalue weighted by molar-refractivity contribution is 0.0620. The summed E-state index contributed by atoms with van der Waals surface area (Å²) in [5, 5.41) is 12.9. The molecule has 2 N–H and O–H groups in total. The normalized spacial score (nSPS) is 32.6. The molecule has 0 aliphatic carbocycles. The first-order valence-corrected chi connectivity index (χ1v) is 3.70. The third-order valence-electron chi connectivity index (χ3n) is 1.85. The van der Waals surface area contributed by atoms with Crippen molar-refractivity contribution in [1.29, 1.82) is 0 Å². The van der Waals surface area contributed by atoms with Crippen molar-refractivity contribution in [3.8, 4) is 0 Å². The van der Waals surface area contributed by atoms with Gasteiger partial charge in [0.25, 0.3) is 0 Å². The standard InChI is InChI=1S/C8H15NO/c1-7(2)5-8(10)3-4-9-6-8/h9-10H,1,3-6H2,2H3. The van der Waals surface area contributed by atoms with Crippen molar-refractivity contribution < 1.29 is 5.11 Å². The summed E-state index contributed by atoms with van der Waals surface area (Å²) in [4.78, 5) is 0. The minimum absolute atomic E-state index is 0.494. The summed E-state index contributed by atoms with van der Waals surface area (Å²) in [7, 11) is 0. The summed E-state index contributed by atoms with van der Waals surface area (Å²) in [6.45, 7) is 7.39. The van der Waals surface area contributed by atoms with Gasteiger partial charge in [-0.2, -0.15) is 0 Å². The van der Waals surface area contributed by atoms with Crippen LogP contribution in [0.2, 0.25) is 0 Å². The van der Waals surface area contributed by atoms with E-state index in [-0.39, 0.29) is 0 Å². The number of β-amino-alcohol motifs (C(OH)–C–C–N with tert-alkyl or cyclic N) is 1. The third kappa shape index (κ3) is 1.82. The summed E-state index contributed by atoms with van der Waals surface area (Å²) in [5.41, 5.74) is 0.567. The van der Waals surface area contributed by atoms with Crippen molar-refractivity contribution in [3.63, 3.8) is 0 Å². The first kappa shape index (κ1) is 7.76. The second-order valence-electron chi connectivity index (χ2n) is 3.29. The molecule has 0 aromatic carbocycles. The van der Waals surface area contributed by atoms with Crippen LogP contribution in [0.25, 0.3) is 0 Å². The molecule has 0 saturated carbocycles. The van der Waals surface area contributed by atoms with Gasteiger partial charge in [-0.15, -0.1) is 6.58 Å². The predicted octanol–water partition coefficient (Wildman–Crippen LogP) is 0.677. The first-order valence-electron chi connectivity index (χ1n) is 3.70. The molecule has 0 radical (unpaired) electrons. The van der Waals surface area contributed by atoms with Gasteiger partial charge in [0.15, 0.2) is 0 Å². The van der Waals surface area contributed by atoms with Crippen molar-refractivity contribution in [1.82, 2.24) is 5.32 Å². The zero-order chi connectivity index (χ0) is 7.61. The maximum atomic E-state index is 9.74. The molecule has 10 heavy (non-hydrogen) atoms. The van der Waals surface area contributed by atoms with E-state index in [9.17, 15) is 5.11 Å². The van der Waals surface area contributed by atoms with Crippen LogP contribution in [0.3, 0.4) is 0 Å². The van der Waals surface area contributed by atoms with Crippen LogP contribution >= 0.6 is 0 Å². The zero-order valence-electron chi connectivity index (χ0n) is 6.48. The molecule has 1 aliphatic heterocycles. The number of nitrogens with one attached hydrogen (secondary N) is 1. The van der Waals surface area contributed by atoms with E-state index >= 15 is 0 Å². The Morgan fingerprint density at radius 1 is 1.80 bits per heavy atom. The lowest BCUT2D eigenvalue weighted by Crippen LogP contribution is -2.31. The fourth-order valence-electron chi connectivity index (χ4n) is 1.44. The molecule has 2 heteroatoms. The van der Waals surface area contributed by atoms with Gasteiger partial charge in [-0.25, -0.2) is 0 Å². The molecule has 1 fully saturated rings. The van der Waals surface area contributed by atoms with Gasteiger partial charge in [-0.05, 0) is 26.3 Å². The summed E-state index contributed by atoms with van der Waals surface area (Å²) in [6.07, 6.45) is 1.60. The smallest absolute Gasteiger partial charge is 0.0820 e. The highest BCUT2D eigenvalue weighted by Crippen LogP contribution is 2.21. The average molecular weight is 141 g/mol. The van der Waals surface area contributed by atoms with Crippen LogP contribution in [0.4, 0.5) is 0 Å². The van der Waals surface area contributed by atoms with Crippen molar-refractivity contribution in [3.05, 3.63) is 12.2 Å². The van der Waals surface area contributed by atoms with Crippen LogP contribution in [-0.2, 0) is 0 Å². The van der Waals surface area contributed by atoms with Crippen molar-refractivity contribution in [2.75, 3.05) is 13.1 Å². The summed E-state index contributed by atoms with van der Waals surface area (Å²) in [5.74, 6) is 0. The molecule has 1 aliphatic rings. The topological polar surface area (TPSA) is 32.3 Å². The van der Waals surface area contributed by atoms with Crippen LogP contribution in [0.1, 0.15) is 19.8 Å². The molecule has 0 spiro atoms. The fraction of sp³-hybridized carbons (Fsp3) is 0.750. The molecule has 1 saturated heterocycles. The molecule has 0 aromatic rings. The van der Waals surface area contributed by atoms with Crippen LogP contribution < -0.4 is 5.32 Å². The van der Waals surface area contributed by atoms with Crippen molar-refractivity contribution in [2.24, 2.45) is 0 Å². The Hall–Kier alpha value is -0.340. The van der Waals surface area contributed by atoms with Crippen molar-refractivity contribution >= 4 is 0 Å². The zero-order valence-corrected chi connectivity index (χ0v) is 6.48. The molecule has 0 amide bonds. The van der Waals surface area contributed by atoms with Gasteiger partial charge < -0.3 is 10.4 Å². The molecular weight excluding hydrogens is 126 g/mol. The van der Waals surface area contributed by atoms with E-state index in [1.165, 1.54) is 0 Å². The number of hydrogen-bond acceptors (Lipinski definition) is 2. The molecule has 0 bridgehead atoms. The third-order valence-corrected chi connectivity index (χ3v) is 1.85. The highest BCUT2D eigenvalue weighted by atomic mass is 16.3. The average Bonchev–Trinajstić information content (AvgIpc) is 2.12. The molecule has 1 unspecified atom stereocenters. The largest absolute Gasteiger partial charge is 0.388 e. The van der Waals surface area contributed by atoms with Crippen LogP contribution in [0, 0.1) is 0 Å². The minimum atomic E-state index is -0.494. The summed E-state index contributed by atoms with van der Waals surface area (Å²) < 4.78 is 0. The number of rotatable bonds is 2. The SMILES string of the molecule is C=C(C)CC1(O)CCNC1. The molecule has 58 valence electrons. The van der Waals surface area contributed by atoms with Gasteiger partial charge in [0.2, 0.25) is 0 Å². The number of aliphatic hydroxyl groups is 1. The summed E-state index contributed by atoms with van der Waals surface area (Å²) in [6, 6.07) is 0. The molecule has 0 aromatic heterocycles. The van der Waals surface area contributed by atoms with Gasteiger partial charge >= 0.3 is 0 Å². The molecule has 1 atom stereocenters. The van der Waals surface area contributed by atoms with E-state index in [0.717, 1.165) is 31.5 Å². The van der Waals surface area contributed by atoms with E-state index in [4.69, 9.17) is 0 Å². The van der Waals surface area contributed by atoms with E-state index in [1.54, 1.807) is 0 Å². The maximum absolute atomic E-state index is 9.74. The van der Waals surface area contributed by atoms with E-state index in [1.807, 2.05) is 6.92 Å². The Morgan fingerprint density at radius 3 is 2.90 bits per heavy atom. The first-order chi connectivity index (χ1) is 4.62. The second kappa shape index (κ2) is 2.72.